The first kappa shape index (κ1) is 13.0. The fraction of sp³-hybridized carbons (Fsp3) is 0.182. The first-order valence-corrected chi connectivity index (χ1v) is 7.23. The SMILES string of the molecule is COc1cccnc1C(N)c1cc(Br)c(Br)s1. The molecule has 1 atom stereocenters. The zero-order chi connectivity index (χ0) is 12.4. The maximum atomic E-state index is 6.20. The van der Waals surface area contributed by atoms with Gasteiger partial charge in [0, 0.05) is 15.5 Å². The zero-order valence-electron chi connectivity index (χ0n) is 8.98. The number of hydrogen-bond donors (Lipinski definition) is 1. The first-order chi connectivity index (χ1) is 8.13. The lowest BCUT2D eigenvalue weighted by molar-refractivity contribution is 0.405. The van der Waals surface area contributed by atoms with E-state index in [0.29, 0.717) is 5.75 Å². The van der Waals surface area contributed by atoms with E-state index in [0.717, 1.165) is 18.8 Å². The number of aromatic nitrogens is 1. The molecule has 0 amide bonds. The Kier molecular flexibility index (Phi) is 4.19. The van der Waals surface area contributed by atoms with Crippen molar-refractivity contribution >= 4 is 43.2 Å². The standard InChI is InChI=1S/C11H10Br2N2OS/c1-16-7-3-2-4-15-10(7)9(14)8-5-6(12)11(13)17-8/h2-5,9H,14H2,1H3. The molecule has 0 aromatic carbocycles. The molecule has 90 valence electrons. The van der Waals surface area contributed by atoms with Gasteiger partial charge in [0.1, 0.15) is 11.4 Å². The van der Waals surface area contributed by atoms with Gasteiger partial charge >= 0.3 is 0 Å². The predicted octanol–water partition coefficient (Wildman–Crippen LogP) is 3.72. The Bertz CT molecular complexity index is 510. The van der Waals surface area contributed by atoms with Crippen molar-refractivity contribution in [3.63, 3.8) is 0 Å². The van der Waals surface area contributed by atoms with Gasteiger partial charge in [-0.1, -0.05) is 0 Å². The first-order valence-electron chi connectivity index (χ1n) is 4.82. The molecule has 0 radical (unpaired) electrons. The molecular formula is C11H10Br2N2OS. The van der Waals surface area contributed by atoms with E-state index in [-0.39, 0.29) is 6.04 Å². The van der Waals surface area contributed by atoms with E-state index >= 15 is 0 Å². The Labute approximate surface area is 120 Å². The number of methoxy groups -OCH3 is 1. The number of thiophene rings is 1. The van der Waals surface area contributed by atoms with Crippen LogP contribution in [0.5, 0.6) is 5.75 Å². The molecule has 1 unspecified atom stereocenters. The average molecular weight is 378 g/mol. The fourth-order valence-electron chi connectivity index (χ4n) is 1.46. The molecule has 0 saturated heterocycles. The Morgan fingerprint density at radius 2 is 2.24 bits per heavy atom. The van der Waals surface area contributed by atoms with Crippen LogP contribution in [0.1, 0.15) is 16.6 Å². The molecule has 2 heterocycles. The number of nitrogens with zero attached hydrogens (tertiary/aromatic N) is 1. The smallest absolute Gasteiger partial charge is 0.142 e. The van der Waals surface area contributed by atoms with Crippen molar-refractivity contribution in [1.82, 2.24) is 4.98 Å². The molecule has 0 spiro atoms. The molecule has 3 nitrogen and oxygen atoms in total. The van der Waals surface area contributed by atoms with Gasteiger partial charge in [0.2, 0.25) is 0 Å². The number of ether oxygens (including phenoxy) is 1. The van der Waals surface area contributed by atoms with Crippen LogP contribution in [0, 0.1) is 0 Å². The largest absolute Gasteiger partial charge is 0.495 e. The molecule has 0 aliphatic rings. The summed E-state index contributed by atoms with van der Waals surface area (Å²) in [5.74, 6) is 0.709. The third kappa shape index (κ3) is 2.70. The lowest BCUT2D eigenvalue weighted by Gasteiger charge is -2.12. The molecule has 0 bridgehead atoms. The van der Waals surface area contributed by atoms with Crippen molar-refractivity contribution < 1.29 is 4.74 Å². The highest BCUT2D eigenvalue weighted by molar-refractivity contribution is 9.13. The van der Waals surface area contributed by atoms with Crippen molar-refractivity contribution in [2.24, 2.45) is 5.73 Å². The summed E-state index contributed by atoms with van der Waals surface area (Å²) >= 11 is 8.49. The third-order valence-corrected chi connectivity index (χ3v) is 5.62. The van der Waals surface area contributed by atoms with Crippen LogP contribution in [-0.2, 0) is 0 Å². The van der Waals surface area contributed by atoms with Gasteiger partial charge in [-0.3, -0.25) is 4.98 Å². The molecule has 0 fully saturated rings. The normalized spacial score (nSPS) is 12.5. The van der Waals surface area contributed by atoms with Crippen molar-refractivity contribution in [3.05, 3.63) is 43.2 Å². The van der Waals surface area contributed by atoms with Crippen molar-refractivity contribution in [2.75, 3.05) is 7.11 Å². The third-order valence-electron chi connectivity index (χ3n) is 2.28. The van der Waals surface area contributed by atoms with Crippen molar-refractivity contribution in [2.45, 2.75) is 6.04 Å². The summed E-state index contributed by atoms with van der Waals surface area (Å²) in [5, 5.41) is 0. The highest BCUT2D eigenvalue weighted by atomic mass is 79.9. The molecule has 0 aliphatic heterocycles. The number of pyridine rings is 1. The number of hydrogen-bond acceptors (Lipinski definition) is 4. The van der Waals surface area contributed by atoms with E-state index < -0.39 is 0 Å². The summed E-state index contributed by atoms with van der Waals surface area (Å²) in [6, 6.07) is 5.40. The van der Waals surface area contributed by atoms with E-state index in [1.165, 1.54) is 0 Å². The molecular weight excluding hydrogens is 368 g/mol. The minimum absolute atomic E-state index is 0.279. The van der Waals surface area contributed by atoms with Gasteiger partial charge < -0.3 is 10.5 Å². The Balaban J connectivity index is 2.39. The van der Waals surface area contributed by atoms with E-state index in [1.54, 1.807) is 24.6 Å². The maximum Gasteiger partial charge on any atom is 0.142 e. The second kappa shape index (κ2) is 5.48. The van der Waals surface area contributed by atoms with Gasteiger partial charge in [0.25, 0.3) is 0 Å². The topological polar surface area (TPSA) is 48.1 Å². The average Bonchev–Trinajstić information content (AvgIpc) is 2.68. The van der Waals surface area contributed by atoms with Crippen LogP contribution in [0.2, 0.25) is 0 Å². The summed E-state index contributed by atoms with van der Waals surface area (Å²) in [4.78, 5) is 5.32. The maximum absolute atomic E-state index is 6.20. The Hall–Kier alpha value is -0.430. The monoisotopic (exact) mass is 376 g/mol. The van der Waals surface area contributed by atoms with Gasteiger partial charge in [0.05, 0.1) is 16.9 Å². The molecule has 17 heavy (non-hydrogen) atoms. The molecule has 6 heteroatoms. The quantitative estimate of drug-likeness (QED) is 0.886. The van der Waals surface area contributed by atoms with E-state index in [4.69, 9.17) is 10.5 Å². The minimum atomic E-state index is -0.279. The highest BCUT2D eigenvalue weighted by Gasteiger charge is 2.18. The number of rotatable bonds is 3. The second-order valence-electron chi connectivity index (χ2n) is 3.34. The molecule has 2 N–H and O–H groups in total. The van der Waals surface area contributed by atoms with Crippen LogP contribution < -0.4 is 10.5 Å². The second-order valence-corrected chi connectivity index (χ2v) is 6.59. The lowest BCUT2D eigenvalue weighted by Crippen LogP contribution is -2.13. The predicted molar refractivity (Wildman–Crippen MR) is 76.5 cm³/mol. The summed E-state index contributed by atoms with van der Waals surface area (Å²) in [5.41, 5.74) is 6.95. The van der Waals surface area contributed by atoms with Crippen LogP contribution in [-0.4, -0.2) is 12.1 Å². The Morgan fingerprint density at radius 3 is 2.82 bits per heavy atom. The minimum Gasteiger partial charge on any atom is -0.495 e. The van der Waals surface area contributed by atoms with Crippen LogP contribution >= 0.6 is 43.2 Å². The van der Waals surface area contributed by atoms with Gasteiger partial charge in [-0.15, -0.1) is 11.3 Å². The zero-order valence-corrected chi connectivity index (χ0v) is 13.0. The highest BCUT2D eigenvalue weighted by Crippen LogP contribution is 2.37. The summed E-state index contributed by atoms with van der Waals surface area (Å²) in [6.07, 6.45) is 1.72. The van der Waals surface area contributed by atoms with Crippen molar-refractivity contribution in [3.8, 4) is 5.75 Å². The van der Waals surface area contributed by atoms with Gasteiger partial charge in [-0.25, -0.2) is 0 Å². The number of nitrogens with two attached hydrogens (primary N) is 1. The van der Waals surface area contributed by atoms with E-state index in [1.807, 2.05) is 18.2 Å². The van der Waals surface area contributed by atoms with Crippen LogP contribution in [0.3, 0.4) is 0 Å². The lowest BCUT2D eigenvalue weighted by atomic mass is 10.1. The number of halogens is 2. The summed E-state index contributed by atoms with van der Waals surface area (Å²) < 4.78 is 7.29. The van der Waals surface area contributed by atoms with E-state index in [9.17, 15) is 0 Å². The molecule has 2 aromatic rings. The van der Waals surface area contributed by atoms with Gasteiger partial charge in [0.15, 0.2) is 0 Å². The van der Waals surface area contributed by atoms with Crippen LogP contribution in [0.4, 0.5) is 0 Å². The van der Waals surface area contributed by atoms with Gasteiger partial charge in [-0.2, -0.15) is 0 Å². The Morgan fingerprint density at radius 1 is 1.47 bits per heavy atom. The van der Waals surface area contributed by atoms with Crippen molar-refractivity contribution in [1.29, 1.82) is 0 Å². The molecule has 0 saturated carbocycles. The molecule has 2 aromatic heterocycles. The fourth-order valence-corrected chi connectivity index (χ4v) is 3.56. The molecule has 2 rings (SSSR count). The van der Waals surface area contributed by atoms with Gasteiger partial charge in [-0.05, 0) is 50.1 Å². The summed E-state index contributed by atoms with van der Waals surface area (Å²) in [7, 11) is 1.62. The summed E-state index contributed by atoms with van der Waals surface area (Å²) in [6.45, 7) is 0. The molecule has 0 aliphatic carbocycles. The van der Waals surface area contributed by atoms with Crippen LogP contribution in [0.15, 0.2) is 32.7 Å². The van der Waals surface area contributed by atoms with E-state index in [2.05, 4.69) is 36.8 Å². The van der Waals surface area contributed by atoms with Crippen LogP contribution in [0.25, 0.3) is 0 Å².